The number of nitrogens with zero attached hydrogens (tertiary/aromatic N) is 1. The number of amides is 2. The summed E-state index contributed by atoms with van der Waals surface area (Å²) in [6, 6.07) is 10.1. The second-order valence-corrected chi connectivity index (χ2v) is 7.18. The molecule has 0 aromatic heterocycles. The molecule has 0 unspecified atom stereocenters. The maximum atomic E-state index is 13.8. The van der Waals surface area contributed by atoms with Crippen LogP contribution in [0.15, 0.2) is 42.5 Å². The lowest BCUT2D eigenvalue weighted by Gasteiger charge is -2.19. The van der Waals surface area contributed by atoms with Gasteiger partial charge < -0.3 is 15.0 Å². The Labute approximate surface area is 170 Å². The lowest BCUT2D eigenvalue weighted by Crippen LogP contribution is -2.33. The smallest absolute Gasteiger partial charge is 0.422 e. The van der Waals surface area contributed by atoms with Gasteiger partial charge in [0.2, 0.25) is 11.8 Å². The Morgan fingerprint density at radius 1 is 1.23 bits per heavy atom. The molecule has 160 valence electrons. The minimum Gasteiger partial charge on any atom is -0.484 e. The SMILES string of the molecule is Cc1c(F)cccc1NC(=O)[C@@H]1C(=O)N(C)C[C@H]1c1cccc(OCC(F)(F)F)c1. The molecule has 30 heavy (non-hydrogen) atoms. The van der Waals surface area contributed by atoms with Gasteiger partial charge in [0.25, 0.3) is 0 Å². The molecule has 0 saturated carbocycles. The molecule has 2 atom stereocenters. The molecule has 2 amide bonds. The first-order valence-corrected chi connectivity index (χ1v) is 9.17. The van der Waals surface area contributed by atoms with Crippen LogP contribution in [0.2, 0.25) is 0 Å². The maximum absolute atomic E-state index is 13.8. The Morgan fingerprint density at radius 3 is 2.63 bits per heavy atom. The van der Waals surface area contributed by atoms with E-state index in [4.69, 9.17) is 4.74 Å². The van der Waals surface area contributed by atoms with Gasteiger partial charge in [-0.2, -0.15) is 13.2 Å². The number of benzene rings is 2. The summed E-state index contributed by atoms with van der Waals surface area (Å²) in [5.74, 6) is -3.22. The molecule has 1 aliphatic heterocycles. The number of ether oxygens (including phenoxy) is 1. The van der Waals surface area contributed by atoms with E-state index in [1.807, 2.05) is 0 Å². The van der Waals surface area contributed by atoms with Crippen LogP contribution in [-0.4, -0.2) is 43.1 Å². The molecule has 5 nitrogen and oxygen atoms in total. The number of anilines is 1. The normalized spacial score (nSPS) is 19.1. The molecule has 1 fully saturated rings. The van der Waals surface area contributed by atoms with Crippen LogP contribution in [0, 0.1) is 18.7 Å². The number of rotatable bonds is 5. The maximum Gasteiger partial charge on any atom is 0.422 e. The van der Waals surface area contributed by atoms with Gasteiger partial charge in [-0.25, -0.2) is 4.39 Å². The first-order valence-electron chi connectivity index (χ1n) is 9.17. The van der Waals surface area contributed by atoms with E-state index in [1.54, 1.807) is 13.1 Å². The van der Waals surface area contributed by atoms with Crippen molar-refractivity contribution in [1.82, 2.24) is 4.90 Å². The van der Waals surface area contributed by atoms with Gasteiger partial charge in [0, 0.05) is 30.8 Å². The van der Waals surface area contributed by atoms with E-state index < -0.39 is 42.3 Å². The monoisotopic (exact) mass is 424 g/mol. The zero-order chi connectivity index (χ0) is 22.1. The molecule has 0 aliphatic carbocycles. The van der Waals surface area contributed by atoms with Gasteiger partial charge >= 0.3 is 6.18 Å². The lowest BCUT2D eigenvalue weighted by molar-refractivity contribution is -0.153. The van der Waals surface area contributed by atoms with Crippen LogP contribution in [-0.2, 0) is 9.59 Å². The lowest BCUT2D eigenvalue weighted by atomic mass is 9.87. The zero-order valence-corrected chi connectivity index (χ0v) is 16.3. The number of likely N-dealkylation sites (N-methyl/N-ethyl adjacent to an activating group) is 1. The number of carbonyl (C=O) groups is 2. The van der Waals surface area contributed by atoms with Gasteiger partial charge in [0.05, 0.1) is 0 Å². The van der Waals surface area contributed by atoms with Gasteiger partial charge in [0.15, 0.2) is 6.61 Å². The summed E-state index contributed by atoms with van der Waals surface area (Å²) in [4.78, 5) is 26.9. The standard InChI is InChI=1S/C21H20F4N2O3/c1-12-16(22)7-4-8-17(12)26-19(28)18-15(10-27(2)20(18)29)13-5-3-6-14(9-13)30-11-21(23,24)25/h3-9,15,18H,10-11H2,1-2H3,(H,26,28)/t15-,18+/m0/s1. The van der Waals surface area contributed by atoms with Gasteiger partial charge in [-0.1, -0.05) is 18.2 Å². The number of hydrogen-bond acceptors (Lipinski definition) is 3. The molecular formula is C21H20F4N2O3. The molecule has 2 aromatic carbocycles. The highest BCUT2D eigenvalue weighted by Crippen LogP contribution is 2.36. The van der Waals surface area contributed by atoms with Crippen molar-refractivity contribution >= 4 is 17.5 Å². The number of carbonyl (C=O) groups excluding carboxylic acids is 2. The van der Waals surface area contributed by atoms with Crippen LogP contribution in [0.25, 0.3) is 0 Å². The third-order valence-electron chi connectivity index (χ3n) is 5.01. The van der Waals surface area contributed by atoms with Crippen LogP contribution in [0.4, 0.5) is 23.2 Å². The molecular weight excluding hydrogens is 404 g/mol. The van der Waals surface area contributed by atoms with Crippen LogP contribution in [0.3, 0.4) is 0 Å². The summed E-state index contributed by atoms with van der Waals surface area (Å²) in [5.41, 5.74) is 0.996. The molecule has 0 spiro atoms. The van der Waals surface area contributed by atoms with Gasteiger partial charge in [-0.3, -0.25) is 9.59 Å². The van der Waals surface area contributed by atoms with E-state index in [2.05, 4.69) is 5.32 Å². The highest BCUT2D eigenvalue weighted by molar-refractivity contribution is 6.08. The third-order valence-corrected chi connectivity index (χ3v) is 5.01. The topological polar surface area (TPSA) is 58.6 Å². The van der Waals surface area contributed by atoms with Crippen LogP contribution in [0.1, 0.15) is 17.0 Å². The second-order valence-electron chi connectivity index (χ2n) is 7.18. The summed E-state index contributed by atoms with van der Waals surface area (Å²) in [6.45, 7) is 0.275. The summed E-state index contributed by atoms with van der Waals surface area (Å²) < 4.78 is 55.8. The molecule has 1 aliphatic rings. The van der Waals surface area contributed by atoms with E-state index >= 15 is 0 Å². The molecule has 2 aromatic rings. The fourth-order valence-electron chi connectivity index (χ4n) is 3.45. The van der Waals surface area contributed by atoms with Gasteiger partial charge in [0.1, 0.15) is 17.5 Å². The summed E-state index contributed by atoms with van der Waals surface area (Å²) >= 11 is 0. The Morgan fingerprint density at radius 2 is 1.93 bits per heavy atom. The van der Waals surface area contributed by atoms with Crippen molar-refractivity contribution in [1.29, 1.82) is 0 Å². The van der Waals surface area contributed by atoms with Crippen molar-refractivity contribution in [3.05, 3.63) is 59.4 Å². The fraction of sp³-hybridized carbons (Fsp3) is 0.333. The predicted octanol–water partition coefficient (Wildman–Crippen LogP) is 3.89. The highest BCUT2D eigenvalue weighted by Gasteiger charge is 2.44. The van der Waals surface area contributed by atoms with E-state index in [-0.39, 0.29) is 23.5 Å². The molecule has 0 bridgehead atoms. The first kappa shape index (κ1) is 21.6. The first-order chi connectivity index (χ1) is 14.1. The Bertz CT molecular complexity index is 962. The Balaban J connectivity index is 1.84. The number of halogens is 4. The third kappa shape index (κ3) is 4.72. The van der Waals surface area contributed by atoms with Crippen LogP contribution >= 0.6 is 0 Å². The van der Waals surface area contributed by atoms with Crippen molar-refractivity contribution in [3.8, 4) is 5.75 Å². The Hall–Kier alpha value is -3.10. The molecule has 3 rings (SSSR count). The highest BCUT2D eigenvalue weighted by atomic mass is 19.4. The number of nitrogens with one attached hydrogen (secondary N) is 1. The second kappa shape index (κ2) is 8.33. The zero-order valence-electron chi connectivity index (χ0n) is 16.3. The number of hydrogen-bond donors (Lipinski definition) is 1. The largest absolute Gasteiger partial charge is 0.484 e. The minimum absolute atomic E-state index is 0.00744. The van der Waals surface area contributed by atoms with E-state index in [0.717, 1.165) is 0 Å². The van der Waals surface area contributed by atoms with Crippen molar-refractivity contribution in [2.45, 2.75) is 19.0 Å². The number of likely N-dealkylation sites (tertiary alicyclic amines) is 1. The Kier molecular flexibility index (Phi) is 6.00. The van der Waals surface area contributed by atoms with E-state index in [9.17, 15) is 27.2 Å². The predicted molar refractivity (Wildman–Crippen MR) is 102 cm³/mol. The van der Waals surface area contributed by atoms with Crippen LogP contribution in [0.5, 0.6) is 5.75 Å². The minimum atomic E-state index is -4.48. The summed E-state index contributed by atoms with van der Waals surface area (Å²) in [6.07, 6.45) is -4.48. The van der Waals surface area contributed by atoms with Crippen molar-refractivity contribution in [3.63, 3.8) is 0 Å². The van der Waals surface area contributed by atoms with Crippen molar-refractivity contribution < 1.29 is 31.9 Å². The average molecular weight is 424 g/mol. The van der Waals surface area contributed by atoms with E-state index in [1.165, 1.54) is 48.2 Å². The average Bonchev–Trinajstić information content (AvgIpc) is 2.98. The molecule has 1 heterocycles. The molecule has 0 radical (unpaired) electrons. The van der Waals surface area contributed by atoms with Gasteiger partial charge in [-0.05, 0) is 36.8 Å². The van der Waals surface area contributed by atoms with Crippen molar-refractivity contribution in [2.24, 2.45) is 5.92 Å². The number of alkyl halides is 3. The fourth-order valence-corrected chi connectivity index (χ4v) is 3.45. The van der Waals surface area contributed by atoms with Crippen LogP contribution < -0.4 is 10.1 Å². The van der Waals surface area contributed by atoms with Crippen molar-refractivity contribution in [2.75, 3.05) is 25.5 Å². The quantitative estimate of drug-likeness (QED) is 0.585. The molecule has 1 saturated heterocycles. The van der Waals surface area contributed by atoms with Gasteiger partial charge in [-0.15, -0.1) is 0 Å². The molecule has 1 N–H and O–H groups in total. The summed E-state index contributed by atoms with van der Waals surface area (Å²) in [5, 5.41) is 2.60. The molecule has 9 heteroatoms. The van der Waals surface area contributed by atoms with E-state index in [0.29, 0.717) is 5.56 Å². The summed E-state index contributed by atoms with van der Waals surface area (Å²) in [7, 11) is 1.54.